The van der Waals surface area contributed by atoms with Crippen molar-refractivity contribution in [1.82, 2.24) is 4.31 Å². The van der Waals surface area contributed by atoms with Crippen LogP contribution in [0.5, 0.6) is 0 Å². The monoisotopic (exact) mass is 483 g/mol. The van der Waals surface area contributed by atoms with Gasteiger partial charge in [0.15, 0.2) is 0 Å². The Morgan fingerprint density at radius 2 is 1.65 bits per heavy atom. The molecular formula is C21H26ClN3O4S2. The van der Waals surface area contributed by atoms with Gasteiger partial charge in [-0.3, -0.25) is 4.31 Å². The molecule has 0 aromatic heterocycles. The van der Waals surface area contributed by atoms with Gasteiger partial charge in [-0.05, 0) is 55.7 Å². The second-order valence-electron chi connectivity index (χ2n) is 7.92. The molecule has 2 aliphatic heterocycles. The van der Waals surface area contributed by atoms with E-state index in [9.17, 15) is 16.8 Å². The van der Waals surface area contributed by atoms with Crippen LogP contribution in [0, 0.1) is 6.92 Å². The van der Waals surface area contributed by atoms with E-state index in [0.717, 1.165) is 12.1 Å². The molecule has 0 amide bonds. The number of sulfonamides is 2. The summed E-state index contributed by atoms with van der Waals surface area (Å²) >= 11 is 6.08. The molecule has 0 radical (unpaired) electrons. The molecule has 31 heavy (non-hydrogen) atoms. The maximum absolute atomic E-state index is 13.4. The van der Waals surface area contributed by atoms with Crippen molar-refractivity contribution in [1.29, 1.82) is 0 Å². The van der Waals surface area contributed by atoms with E-state index in [1.807, 2.05) is 24.3 Å². The van der Waals surface area contributed by atoms with Crippen LogP contribution in [0.3, 0.4) is 0 Å². The zero-order valence-corrected chi connectivity index (χ0v) is 19.8. The molecule has 168 valence electrons. The molecule has 2 aliphatic rings. The van der Waals surface area contributed by atoms with Gasteiger partial charge in [-0.15, -0.1) is 0 Å². The van der Waals surface area contributed by atoms with E-state index in [1.54, 1.807) is 19.1 Å². The van der Waals surface area contributed by atoms with Crippen LogP contribution in [0.4, 0.5) is 11.4 Å². The minimum Gasteiger partial charge on any atom is -0.369 e. The Balaban J connectivity index is 1.56. The van der Waals surface area contributed by atoms with E-state index < -0.39 is 20.0 Å². The van der Waals surface area contributed by atoms with Gasteiger partial charge in [-0.1, -0.05) is 23.7 Å². The van der Waals surface area contributed by atoms with Gasteiger partial charge in [0.1, 0.15) is 0 Å². The van der Waals surface area contributed by atoms with Crippen LogP contribution in [0.15, 0.2) is 47.4 Å². The summed E-state index contributed by atoms with van der Waals surface area (Å²) in [6.07, 6.45) is 1.40. The first-order valence-electron chi connectivity index (χ1n) is 10.3. The summed E-state index contributed by atoms with van der Waals surface area (Å²) in [7, 11) is -7.16. The van der Waals surface area contributed by atoms with E-state index in [4.69, 9.17) is 11.6 Å². The molecule has 2 saturated heterocycles. The third kappa shape index (κ3) is 4.55. The fourth-order valence-electron chi connectivity index (χ4n) is 4.10. The maximum Gasteiger partial charge on any atom is 0.243 e. The van der Waals surface area contributed by atoms with Gasteiger partial charge in [0.05, 0.1) is 16.3 Å². The van der Waals surface area contributed by atoms with Crippen LogP contribution in [0.2, 0.25) is 5.02 Å². The molecule has 7 nitrogen and oxygen atoms in total. The Hall–Kier alpha value is -1.81. The van der Waals surface area contributed by atoms with E-state index >= 15 is 0 Å². The predicted octanol–water partition coefficient (Wildman–Crippen LogP) is 3.09. The van der Waals surface area contributed by atoms with Crippen LogP contribution in [0.25, 0.3) is 0 Å². The first-order valence-corrected chi connectivity index (χ1v) is 13.7. The number of aryl methyl sites for hydroxylation is 1. The van der Waals surface area contributed by atoms with Crippen molar-refractivity contribution in [2.75, 3.05) is 47.7 Å². The molecule has 2 heterocycles. The highest BCUT2D eigenvalue weighted by atomic mass is 35.5. The number of piperazine rings is 1. The molecule has 0 saturated carbocycles. The fraction of sp³-hybridized carbons (Fsp3) is 0.429. The quantitative estimate of drug-likeness (QED) is 0.667. The van der Waals surface area contributed by atoms with Crippen molar-refractivity contribution in [2.45, 2.75) is 24.7 Å². The van der Waals surface area contributed by atoms with Crippen LogP contribution >= 0.6 is 11.6 Å². The van der Waals surface area contributed by atoms with Gasteiger partial charge < -0.3 is 4.90 Å². The Bertz CT molecular complexity index is 1180. The summed E-state index contributed by atoms with van der Waals surface area (Å²) in [5.41, 5.74) is 2.00. The molecule has 0 atom stereocenters. The lowest BCUT2D eigenvalue weighted by atomic mass is 10.2. The van der Waals surface area contributed by atoms with Crippen molar-refractivity contribution in [3.8, 4) is 0 Å². The zero-order valence-electron chi connectivity index (χ0n) is 17.4. The van der Waals surface area contributed by atoms with E-state index in [0.29, 0.717) is 55.4 Å². The van der Waals surface area contributed by atoms with Gasteiger partial charge in [-0.25, -0.2) is 16.8 Å². The van der Waals surface area contributed by atoms with E-state index in [2.05, 4.69) is 4.90 Å². The zero-order chi connectivity index (χ0) is 22.2. The first kappa shape index (κ1) is 22.4. The summed E-state index contributed by atoms with van der Waals surface area (Å²) in [6, 6.07) is 12.4. The van der Waals surface area contributed by atoms with Gasteiger partial charge in [0, 0.05) is 43.4 Å². The molecule has 0 aliphatic carbocycles. The second-order valence-corrected chi connectivity index (χ2v) is 12.3. The highest BCUT2D eigenvalue weighted by molar-refractivity contribution is 7.92. The molecule has 0 N–H and O–H groups in total. The Morgan fingerprint density at radius 1 is 0.903 bits per heavy atom. The third-order valence-electron chi connectivity index (χ3n) is 5.84. The highest BCUT2D eigenvalue weighted by Gasteiger charge is 2.32. The van der Waals surface area contributed by atoms with Crippen molar-refractivity contribution in [3.63, 3.8) is 0 Å². The van der Waals surface area contributed by atoms with Crippen molar-refractivity contribution in [3.05, 3.63) is 53.1 Å². The minimum atomic E-state index is -3.75. The second kappa shape index (κ2) is 8.61. The van der Waals surface area contributed by atoms with Crippen LogP contribution < -0.4 is 9.21 Å². The summed E-state index contributed by atoms with van der Waals surface area (Å²) in [6.45, 7) is 3.92. The Labute approximate surface area is 189 Å². The molecule has 4 rings (SSSR count). The van der Waals surface area contributed by atoms with Crippen molar-refractivity contribution < 1.29 is 16.8 Å². The standard InChI is InChI=1S/C21H26ClN3O4S2/c1-17-7-8-20(25-9-2-3-14-30(25,26)27)16-21(17)31(28,29)24-12-10-23(11-13-24)19-6-4-5-18(22)15-19/h4-8,15-16H,2-3,9-14H2,1H3. The maximum atomic E-state index is 13.4. The van der Waals surface area contributed by atoms with Gasteiger partial charge >= 0.3 is 0 Å². The lowest BCUT2D eigenvalue weighted by molar-refractivity contribution is 0.384. The van der Waals surface area contributed by atoms with Gasteiger partial charge in [-0.2, -0.15) is 4.31 Å². The van der Waals surface area contributed by atoms with Crippen LogP contribution in [-0.4, -0.2) is 59.6 Å². The average Bonchev–Trinajstić information content (AvgIpc) is 2.74. The number of hydrogen-bond donors (Lipinski definition) is 0. The molecule has 0 unspecified atom stereocenters. The number of hydrogen-bond acceptors (Lipinski definition) is 5. The SMILES string of the molecule is Cc1ccc(N2CCCCS2(=O)=O)cc1S(=O)(=O)N1CCN(c2cccc(Cl)c2)CC1. The largest absolute Gasteiger partial charge is 0.369 e. The molecule has 2 aromatic carbocycles. The van der Waals surface area contributed by atoms with E-state index in [1.165, 1.54) is 14.7 Å². The molecule has 2 fully saturated rings. The number of rotatable bonds is 4. The smallest absolute Gasteiger partial charge is 0.243 e. The average molecular weight is 484 g/mol. The fourth-order valence-corrected chi connectivity index (χ4v) is 7.58. The number of anilines is 2. The molecule has 0 spiro atoms. The summed E-state index contributed by atoms with van der Waals surface area (Å²) in [4.78, 5) is 2.28. The lowest BCUT2D eigenvalue weighted by Crippen LogP contribution is -2.48. The van der Waals surface area contributed by atoms with Crippen LogP contribution in [0.1, 0.15) is 18.4 Å². The van der Waals surface area contributed by atoms with Crippen molar-refractivity contribution in [2.24, 2.45) is 0 Å². The number of nitrogens with zero attached hydrogens (tertiary/aromatic N) is 3. The predicted molar refractivity (Wildman–Crippen MR) is 124 cm³/mol. The summed E-state index contributed by atoms with van der Waals surface area (Å²) in [5, 5.41) is 0.646. The molecule has 0 bridgehead atoms. The lowest BCUT2D eigenvalue weighted by Gasteiger charge is -2.36. The molecular weight excluding hydrogens is 458 g/mol. The van der Waals surface area contributed by atoms with Crippen LogP contribution in [-0.2, 0) is 20.0 Å². The van der Waals surface area contributed by atoms with E-state index in [-0.39, 0.29) is 10.6 Å². The highest BCUT2D eigenvalue weighted by Crippen LogP contribution is 2.30. The number of benzene rings is 2. The normalized spacial score (nSPS) is 20.1. The van der Waals surface area contributed by atoms with Crippen molar-refractivity contribution >= 4 is 43.0 Å². The Morgan fingerprint density at radius 3 is 2.32 bits per heavy atom. The Kier molecular flexibility index (Phi) is 6.22. The third-order valence-corrected chi connectivity index (χ3v) is 9.98. The summed E-state index contributed by atoms with van der Waals surface area (Å²) in [5.74, 6) is 0.0917. The topological polar surface area (TPSA) is 78.0 Å². The summed E-state index contributed by atoms with van der Waals surface area (Å²) < 4.78 is 54.6. The van der Waals surface area contributed by atoms with Gasteiger partial charge in [0.2, 0.25) is 20.0 Å². The molecule has 10 heteroatoms. The molecule has 2 aromatic rings. The number of halogens is 1. The minimum absolute atomic E-state index is 0.0917. The van der Waals surface area contributed by atoms with Gasteiger partial charge in [0.25, 0.3) is 0 Å². The first-order chi connectivity index (χ1) is 14.7.